The van der Waals surface area contributed by atoms with E-state index in [1.165, 1.54) is 17.4 Å². The van der Waals surface area contributed by atoms with E-state index < -0.39 is 35.6 Å². The van der Waals surface area contributed by atoms with Gasteiger partial charge in [0.15, 0.2) is 17.3 Å². The Morgan fingerprint density at radius 1 is 1.19 bits per heavy atom. The summed E-state index contributed by atoms with van der Waals surface area (Å²) in [6, 6.07) is -0.601. The molecule has 3 aliphatic rings. The van der Waals surface area contributed by atoms with Crippen LogP contribution in [-0.2, 0) is 4.74 Å². The third kappa shape index (κ3) is 5.58. The fourth-order valence-electron chi connectivity index (χ4n) is 6.34. The van der Waals surface area contributed by atoms with E-state index in [0.29, 0.717) is 0 Å². The molecule has 3 unspecified atom stereocenters. The van der Waals surface area contributed by atoms with Gasteiger partial charge in [-0.15, -0.1) is 5.10 Å². The molecule has 9 nitrogen and oxygen atoms in total. The molecule has 2 saturated heterocycles. The van der Waals surface area contributed by atoms with Gasteiger partial charge in [-0.1, -0.05) is 38.5 Å². The Balaban J connectivity index is 1.47. The number of aromatic nitrogens is 3. The van der Waals surface area contributed by atoms with Crippen LogP contribution in [0.5, 0.6) is 0 Å². The van der Waals surface area contributed by atoms with Crippen LogP contribution in [0.2, 0.25) is 0 Å². The molecule has 1 aliphatic carbocycles. The van der Waals surface area contributed by atoms with Crippen LogP contribution in [0.1, 0.15) is 74.6 Å². The van der Waals surface area contributed by atoms with Crippen LogP contribution >= 0.6 is 0 Å². The van der Waals surface area contributed by atoms with Gasteiger partial charge in [-0.2, -0.15) is 0 Å². The lowest BCUT2D eigenvalue weighted by molar-refractivity contribution is -0.117. The van der Waals surface area contributed by atoms with Crippen molar-refractivity contribution in [2.75, 3.05) is 32.4 Å². The standard InChI is InChI=1S/C26H39F2N7O2/c1-34-12-8-18(9-13-34)37-21-19(28)15-31-26(10-6-4-2-3-5-7-11-26)22(21)32-25(36)20-23(29)33-35-16-17(27)14-30-24(20)35/h14,16,18-19,21-22,31H,2-13,15H2,1H3,(H2,29,33)(H,32,36). The number of rotatable bonds is 4. The fraction of sp³-hybridized carbons (Fsp3) is 0.731. The maximum absolute atomic E-state index is 15.7. The number of carbonyl (C=O) groups is 1. The summed E-state index contributed by atoms with van der Waals surface area (Å²) >= 11 is 0. The van der Waals surface area contributed by atoms with E-state index in [2.05, 4.69) is 32.7 Å². The summed E-state index contributed by atoms with van der Waals surface area (Å²) in [5.74, 6) is -1.13. The third-order valence-corrected chi connectivity index (χ3v) is 8.42. The molecule has 1 saturated carbocycles. The van der Waals surface area contributed by atoms with Gasteiger partial charge in [0.25, 0.3) is 5.91 Å². The van der Waals surface area contributed by atoms with E-state index in [1.54, 1.807) is 0 Å². The number of nitrogens with one attached hydrogen (secondary N) is 2. The van der Waals surface area contributed by atoms with Gasteiger partial charge in [-0.3, -0.25) is 4.79 Å². The minimum Gasteiger partial charge on any atom is -0.381 e. The van der Waals surface area contributed by atoms with Crippen LogP contribution < -0.4 is 16.4 Å². The number of nitrogens with two attached hydrogens (primary N) is 1. The van der Waals surface area contributed by atoms with E-state index >= 15 is 4.39 Å². The summed E-state index contributed by atoms with van der Waals surface area (Å²) in [6.07, 6.45) is 9.95. The largest absolute Gasteiger partial charge is 0.381 e. The quantitative estimate of drug-likeness (QED) is 0.570. The van der Waals surface area contributed by atoms with Gasteiger partial charge in [-0.25, -0.2) is 18.3 Å². The Labute approximate surface area is 216 Å². The van der Waals surface area contributed by atoms with Crippen molar-refractivity contribution in [3.63, 3.8) is 0 Å². The van der Waals surface area contributed by atoms with E-state index in [4.69, 9.17) is 10.5 Å². The average molecular weight is 520 g/mol. The highest BCUT2D eigenvalue weighted by Gasteiger charge is 2.51. The molecule has 0 bridgehead atoms. The van der Waals surface area contributed by atoms with Gasteiger partial charge in [0.2, 0.25) is 0 Å². The number of alkyl halides is 1. The number of nitrogen functional groups attached to an aromatic ring is 1. The lowest BCUT2D eigenvalue weighted by atomic mass is 9.74. The van der Waals surface area contributed by atoms with Crippen molar-refractivity contribution in [3.05, 3.63) is 23.8 Å². The van der Waals surface area contributed by atoms with Gasteiger partial charge >= 0.3 is 0 Å². The summed E-state index contributed by atoms with van der Waals surface area (Å²) in [4.78, 5) is 20.0. The van der Waals surface area contributed by atoms with Gasteiger partial charge in [-0.05, 0) is 32.7 Å². The molecular formula is C26H39F2N7O2. The molecule has 0 radical (unpaired) electrons. The zero-order chi connectivity index (χ0) is 26.0. The van der Waals surface area contributed by atoms with E-state index in [1.807, 2.05) is 0 Å². The molecule has 1 spiro atoms. The molecular weight excluding hydrogens is 480 g/mol. The average Bonchev–Trinajstić information content (AvgIpc) is 3.25. The normalized spacial score (nSPS) is 28.0. The number of carbonyl (C=O) groups excluding carboxylic acids is 1. The number of likely N-dealkylation sites (tertiary alicyclic amines) is 1. The summed E-state index contributed by atoms with van der Waals surface area (Å²) in [5, 5.41) is 10.7. The Morgan fingerprint density at radius 3 is 2.57 bits per heavy atom. The second-order valence-corrected chi connectivity index (χ2v) is 11.0. The number of anilines is 1. The summed E-state index contributed by atoms with van der Waals surface area (Å²) in [5.41, 5.74) is 5.83. The van der Waals surface area contributed by atoms with Crippen LogP contribution in [0, 0.1) is 5.82 Å². The molecule has 0 aromatic carbocycles. The molecule has 204 valence electrons. The van der Waals surface area contributed by atoms with Crippen molar-refractivity contribution in [1.29, 1.82) is 0 Å². The van der Waals surface area contributed by atoms with E-state index in [9.17, 15) is 9.18 Å². The highest BCUT2D eigenvalue weighted by Crippen LogP contribution is 2.36. The number of hydrogen-bond donors (Lipinski definition) is 3. The Bertz CT molecular complexity index is 1080. The first kappa shape index (κ1) is 26.2. The summed E-state index contributed by atoms with van der Waals surface area (Å²) in [6.45, 7) is 2.00. The maximum Gasteiger partial charge on any atom is 0.259 e. The number of ether oxygens (including phenoxy) is 1. The first-order chi connectivity index (χ1) is 17.9. The van der Waals surface area contributed by atoms with Crippen LogP contribution in [0.3, 0.4) is 0 Å². The third-order valence-electron chi connectivity index (χ3n) is 8.42. The van der Waals surface area contributed by atoms with Gasteiger partial charge in [0.1, 0.15) is 17.8 Å². The first-order valence-electron chi connectivity index (χ1n) is 13.7. The van der Waals surface area contributed by atoms with Gasteiger partial charge in [0.05, 0.1) is 24.5 Å². The lowest BCUT2D eigenvalue weighted by Crippen LogP contribution is -2.73. The number of halogens is 2. The molecule has 2 aromatic heterocycles. The lowest BCUT2D eigenvalue weighted by Gasteiger charge is -2.51. The van der Waals surface area contributed by atoms with E-state index in [-0.39, 0.29) is 29.7 Å². The van der Waals surface area contributed by atoms with Gasteiger partial charge < -0.3 is 26.0 Å². The van der Waals surface area contributed by atoms with E-state index in [0.717, 1.165) is 76.8 Å². The van der Waals surface area contributed by atoms with Crippen molar-refractivity contribution >= 4 is 17.4 Å². The minimum atomic E-state index is -1.27. The number of piperidine rings is 2. The van der Waals surface area contributed by atoms with Crippen LogP contribution in [-0.4, -0.2) is 82.0 Å². The second kappa shape index (κ2) is 11.2. The van der Waals surface area contributed by atoms with Crippen LogP contribution in [0.15, 0.2) is 12.4 Å². The monoisotopic (exact) mass is 519 g/mol. The molecule has 3 atom stereocenters. The molecule has 37 heavy (non-hydrogen) atoms. The molecule has 11 heteroatoms. The van der Waals surface area contributed by atoms with Crippen molar-refractivity contribution in [2.45, 2.75) is 94.2 Å². The molecule has 4 N–H and O–H groups in total. The SMILES string of the molecule is CN1CCC(OC2C(F)CNC3(CCCCCCCC3)C2NC(=O)c2c(N)nn3cc(F)cnc23)CC1. The second-order valence-electron chi connectivity index (χ2n) is 11.0. The molecule has 2 aromatic rings. The summed E-state index contributed by atoms with van der Waals surface area (Å²) in [7, 11) is 2.08. The Kier molecular flexibility index (Phi) is 7.92. The summed E-state index contributed by atoms with van der Waals surface area (Å²) < 4.78 is 37.0. The maximum atomic E-state index is 15.7. The zero-order valence-electron chi connectivity index (χ0n) is 21.6. The van der Waals surface area contributed by atoms with Gasteiger partial charge in [0, 0.05) is 25.2 Å². The van der Waals surface area contributed by atoms with Crippen LogP contribution in [0.25, 0.3) is 5.65 Å². The fourth-order valence-corrected chi connectivity index (χ4v) is 6.34. The Hall–Kier alpha value is -2.37. The van der Waals surface area contributed by atoms with Crippen molar-refractivity contribution in [2.24, 2.45) is 0 Å². The van der Waals surface area contributed by atoms with Crippen LogP contribution in [0.4, 0.5) is 14.6 Å². The zero-order valence-corrected chi connectivity index (χ0v) is 21.6. The first-order valence-corrected chi connectivity index (χ1v) is 13.7. The molecule has 5 rings (SSSR count). The number of hydrogen-bond acceptors (Lipinski definition) is 7. The minimum absolute atomic E-state index is 0.0486. The highest BCUT2D eigenvalue weighted by molar-refractivity contribution is 6.04. The number of amides is 1. The highest BCUT2D eigenvalue weighted by atomic mass is 19.1. The topological polar surface area (TPSA) is 110 Å². The Morgan fingerprint density at radius 2 is 1.86 bits per heavy atom. The number of fused-ring (bicyclic) bond motifs is 1. The molecule has 1 amide bonds. The van der Waals surface area contributed by atoms with Crippen molar-refractivity contribution in [1.82, 2.24) is 30.1 Å². The molecule has 3 fully saturated rings. The molecule has 2 aliphatic heterocycles. The predicted molar refractivity (Wildman–Crippen MR) is 137 cm³/mol. The smallest absolute Gasteiger partial charge is 0.259 e. The number of nitrogens with zero attached hydrogens (tertiary/aromatic N) is 4. The van der Waals surface area contributed by atoms with Crippen molar-refractivity contribution < 1.29 is 18.3 Å². The van der Waals surface area contributed by atoms with Crippen molar-refractivity contribution in [3.8, 4) is 0 Å². The predicted octanol–water partition coefficient (Wildman–Crippen LogP) is 2.84. The molecule has 4 heterocycles.